The van der Waals surface area contributed by atoms with Crippen LogP contribution in [-0.4, -0.2) is 36.0 Å². The van der Waals surface area contributed by atoms with Gasteiger partial charge in [0.2, 0.25) is 0 Å². The molecular formula is C15H15ClF2N4O. The number of piperazine rings is 1. The zero-order valence-corrected chi connectivity index (χ0v) is 13.2. The van der Waals surface area contributed by atoms with E-state index >= 15 is 0 Å². The van der Waals surface area contributed by atoms with Gasteiger partial charge >= 0.3 is 0 Å². The van der Waals surface area contributed by atoms with Crippen LogP contribution in [0.15, 0.2) is 29.2 Å². The zero-order valence-electron chi connectivity index (χ0n) is 12.5. The molecule has 0 N–H and O–H groups in total. The summed E-state index contributed by atoms with van der Waals surface area (Å²) >= 11 is 6.09. The summed E-state index contributed by atoms with van der Waals surface area (Å²) in [5, 5.41) is 4.09. The minimum atomic E-state index is -0.470. The number of nitrogens with zero attached hydrogens (tertiary/aromatic N) is 4. The lowest BCUT2D eigenvalue weighted by molar-refractivity contribution is 0.579. The first-order valence-corrected chi connectivity index (χ1v) is 7.52. The first-order chi connectivity index (χ1) is 11.0. The average molecular weight is 341 g/mol. The van der Waals surface area contributed by atoms with Gasteiger partial charge in [0.15, 0.2) is 0 Å². The Morgan fingerprint density at radius 3 is 2.35 bits per heavy atom. The van der Waals surface area contributed by atoms with E-state index in [2.05, 4.69) is 5.10 Å². The number of hydrogen-bond acceptors (Lipinski definition) is 4. The summed E-state index contributed by atoms with van der Waals surface area (Å²) in [6.45, 7) is 2.05. The van der Waals surface area contributed by atoms with Crippen LogP contribution >= 0.6 is 11.6 Å². The van der Waals surface area contributed by atoms with Crippen LogP contribution in [0, 0.1) is 11.6 Å². The maximum atomic E-state index is 13.8. The molecule has 0 bridgehead atoms. The number of anilines is 2. The smallest absolute Gasteiger partial charge is 0.287 e. The third kappa shape index (κ3) is 3.01. The van der Waals surface area contributed by atoms with Crippen molar-refractivity contribution in [3.05, 3.63) is 51.4 Å². The number of halogens is 3. The summed E-state index contributed by atoms with van der Waals surface area (Å²) in [6.07, 6.45) is 1.54. The van der Waals surface area contributed by atoms with Crippen LogP contribution in [0.4, 0.5) is 20.2 Å². The lowest BCUT2D eigenvalue weighted by Crippen LogP contribution is -2.47. The third-order valence-corrected chi connectivity index (χ3v) is 4.28. The molecule has 2 aromatic rings. The second kappa shape index (κ2) is 6.16. The van der Waals surface area contributed by atoms with Gasteiger partial charge in [-0.3, -0.25) is 4.79 Å². The molecule has 0 spiro atoms. The molecule has 1 aromatic heterocycles. The monoisotopic (exact) mass is 340 g/mol. The highest BCUT2D eigenvalue weighted by Gasteiger charge is 2.22. The molecule has 0 unspecified atom stereocenters. The molecule has 0 saturated carbocycles. The topological polar surface area (TPSA) is 41.4 Å². The number of benzene rings is 1. The second-order valence-corrected chi connectivity index (χ2v) is 5.72. The lowest BCUT2D eigenvalue weighted by atomic mass is 10.2. The SMILES string of the molecule is Cn1ncc(N2CCN(c3cc(F)ccc3F)CC2)c(Cl)c1=O. The molecule has 0 radical (unpaired) electrons. The van der Waals surface area contributed by atoms with Crippen LogP contribution in [0.2, 0.25) is 5.02 Å². The molecule has 0 amide bonds. The van der Waals surface area contributed by atoms with E-state index in [1.807, 2.05) is 4.90 Å². The second-order valence-electron chi connectivity index (χ2n) is 5.34. The lowest BCUT2D eigenvalue weighted by Gasteiger charge is -2.37. The molecule has 1 aliphatic heterocycles. The molecule has 0 atom stereocenters. The molecule has 1 aliphatic rings. The van der Waals surface area contributed by atoms with Gasteiger partial charge in [-0.15, -0.1) is 0 Å². The predicted molar refractivity (Wildman–Crippen MR) is 85.3 cm³/mol. The Morgan fingerprint density at radius 2 is 1.70 bits per heavy atom. The molecule has 1 aromatic carbocycles. The van der Waals surface area contributed by atoms with Gasteiger partial charge in [0.25, 0.3) is 5.56 Å². The van der Waals surface area contributed by atoms with E-state index in [1.54, 1.807) is 11.1 Å². The van der Waals surface area contributed by atoms with Gasteiger partial charge in [0, 0.05) is 39.3 Å². The van der Waals surface area contributed by atoms with Gasteiger partial charge < -0.3 is 9.80 Å². The largest absolute Gasteiger partial charge is 0.366 e. The highest BCUT2D eigenvalue weighted by atomic mass is 35.5. The van der Waals surface area contributed by atoms with Crippen molar-refractivity contribution in [3.63, 3.8) is 0 Å². The quantitative estimate of drug-likeness (QED) is 0.839. The molecule has 3 rings (SSSR count). The van der Waals surface area contributed by atoms with Crippen molar-refractivity contribution in [1.82, 2.24) is 9.78 Å². The number of hydrogen-bond donors (Lipinski definition) is 0. The molecule has 0 aliphatic carbocycles. The van der Waals surface area contributed by atoms with Gasteiger partial charge in [0.1, 0.15) is 16.7 Å². The van der Waals surface area contributed by atoms with Crippen LogP contribution in [0.25, 0.3) is 0 Å². The Balaban J connectivity index is 1.78. The minimum Gasteiger partial charge on any atom is -0.366 e. The normalized spacial score (nSPS) is 15.1. The van der Waals surface area contributed by atoms with Crippen LogP contribution in [-0.2, 0) is 7.05 Å². The van der Waals surface area contributed by atoms with Crippen LogP contribution < -0.4 is 15.4 Å². The van der Waals surface area contributed by atoms with E-state index in [0.29, 0.717) is 31.9 Å². The maximum absolute atomic E-state index is 13.8. The van der Waals surface area contributed by atoms with Crippen LogP contribution in [0.5, 0.6) is 0 Å². The summed E-state index contributed by atoms with van der Waals surface area (Å²) in [5.41, 5.74) is 0.453. The summed E-state index contributed by atoms with van der Waals surface area (Å²) in [4.78, 5) is 15.5. The summed E-state index contributed by atoms with van der Waals surface area (Å²) < 4.78 is 28.3. The third-order valence-electron chi connectivity index (χ3n) is 3.93. The van der Waals surface area contributed by atoms with Crippen molar-refractivity contribution in [1.29, 1.82) is 0 Å². The standard InChI is InChI=1S/C15H15ClF2N4O/c1-20-15(23)14(16)13(9-19-20)22-6-4-21(5-7-22)12-8-10(17)2-3-11(12)18/h2-3,8-9H,4-7H2,1H3. The highest BCUT2D eigenvalue weighted by molar-refractivity contribution is 6.33. The van der Waals surface area contributed by atoms with E-state index in [0.717, 1.165) is 12.1 Å². The molecule has 8 heteroatoms. The van der Waals surface area contributed by atoms with Crippen molar-refractivity contribution >= 4 is 23.0 Å². The molecule has 2 heterocycles. The summed E-state index contributed by atoms with van der Waals surface area (Å²) in [7, 11) is 1.53. The number of aryl methyl sites for hydroxylation is 1. The zero-order chi connectivity index (χ0) is 16.6. The van der Waals surface area contributed by atoms with Crippen molar-refractivity contribution < 1.29 is 8.78 Å². The first-order valence-electron chi connectivity index (χ1n) is 7.14. The fraction of sp³-hybridized carbons (Fsp3) is 0.333. The molecule has 5 nitrogen and oxygen atoms in total. The van der Waals surface area contributed by atoms with E-state index in [4.69, 9.17) is 11.6 Å². The van der Waals surface area contributed by atoms with Crippen molar-refractivity contribution in [3.8, 4) is 0 Å². The molecular weight excluding hydrogens is 326 g/mol. The van der Waals surface area contributed by atoms with Gasteiger partial charge in [-0.05, 0) is 12.1 Å². The van der Waals surface area contributed by atoms with Gasteiger partial charge in [-0.2, -0.15) is 5.10 Å². The molecule has 23 heavy (non-hydrogen) atoms. The first kappa shape index (κ1) is 15.7. The Labute approximate surface area is 136 Å². The molecule has 1 saturated heterocycles. The van der Waals surface area contributed by atoms with Crippen molar-refractivity contribution in [2.75, 3.05) is 36.0 Å². The van der Waals surface area contributed by atoms with Gasteiger partial charge in [-0.1, -0.05) is 11.6 Å². The highest BCUT2D eigenvalue weighted by Crippen LogP contribution is 2.26. The summed E-state index contributed by atoms with van der Waals surface area (Å²) in [6, 6.07) is 3.41. The average Bonchev–Trinajstić information content (AvgIpc) is 2.55. The molecule has 122 valence electrons. The predicted octanol–water partition coefficient (Wildman–Crippen LogP) is 2.04. The fourth-order valence-corrected chi connectivity index (χ4v) is 2.93. The number of aromatic nitrogens is 2. The van der Waals surface area contributed by atoms with Crippen LogP contribution in [0.1, 0.15) is 0 Å². The van der Waals surface area contributed by atoms with Gasteiger partial charge in [0.05, 0.1) is 17.6 Å². The van der Waals surface area contributed by atoms with Crippen molar-refractivity contribution in [2.45, 2.75) is 0 Å². The van der Waals surface area contributed by atoms with Gasteiger partial charge in [-0.25, -0.2) is 13.5 Å². The van der Waals surface area contributed by atoms with E-state index < -0.39 is 11.6 Å². The summed E-state index contributed by atoms with van der Waals surface area (Å²) in [5.74, 6) is -0.921. The van der Waals surface area contributed by atoms with E-state index in [-0.39, 0.29) is 16.3 Å². The molecule has 1 fully saturated rings. The number of rotatable bonds is 2. The Hall–Kier alpha value is -2.15. The Kier molecular flexibility index (Phi) is 4.21. The van der Waals surface area contributed by atoms with E-state index in [9.17, 15) is 13.6 Å². The Bertz CT molecular complexity index is 788. The maximum Gasteiger partial charge on any atom is 0.287 e. The van der Waals surface area contributed by atoms with Crippen LogP contribution in [0.3, 0.4) is 0 Å². The van der Waals surface area contributed by atoms with E-state index in [1.165, 1.54) is 17.8 Å². The Morgan fingerprint density at radius 1 is 1.09 bits per heavy atom. The van der Waals surface area contributed by atoms with Crippen molar-refractivity contribution in [2.24, 2.45) is 7.05 Å². The fourth-order valence-electron chi connectivity index (χ4n) is 2.64. The minimum absolute atomic E-state index is 0.118.